The highest BCUT2D eigenvalue weighted by Crippen LogP contribution is 2.16. The molecule has 82 valence electrons. The zero-order valence-corrected chi connectivity index (χ0v) is 10.3. The molecule has 0 fully saturated rings. The molecule has 2 N–H and O–H groups in total. The second-order valence-electron chi connectivity index (χ2n) is 3.49. The number of nitrogens with two attached hydrogens (primary N) is 1. The summed E-state index contributed by atoms with van der Waals surface area (Å²) in [5.74, 6) is 0.828. The molecule has 0 spiro atoms. The van der Waals surface area contributed by atoms with Crippen LogP contribution in [0.2, 0.25) is 0 Å². The van der Waals surface area contributed by atoms with Crippen LogP contribution in [0.15, 0.2) is 53.0 Å². The highest BCUT2D eigenvalue weighted by Gasteiger charge is 1.96. The molecule has 0 unspecified atom stereocenters. The van der Waals surface area contributed by atoms with Crippen LogP contribution in [0.25, 0.3) is 0 Å². The predicted octanol–water partition coefficient (Wildman–Crippen LogP) is 3.61. The Kier molecular flexibility index (Phi) is 3.47. The van der Waals surface area contributed by atoms with Crippen molar-refractivity contribution in [1.82, 2.24) is 0 Å². The number of benzene rings is 2. The van der Waals surface area contributed by atoms with Crippen molar-refractivity contribution in [2.75, 3.05) is 5.73 Å². The van der Waals surface area contributed by atoms with Crippen LogP contribution in [-0.4, -0.2) is 0 Å². The summed E-state index contributed by atoms with van der Waals surface area (Å²) in [5.41, 5.74) is 7.47. The fraction of sp³-hybridized carbons (Fsp3) is 0.0769. The van der Waals surface area contributed by atoms with Crippen LogP contribution in [0.4, 0.5) is 5.69 Å². The zero-order chi connectivity index (χ0) is 11.4. The Morgan fingerprint density at radius 3 is 2.50 bits per heavy atom. The molecule has 2 aromatic carbocycles. The summed E-state index contributed by atoms with van der Waals surface area (Å²) >= 11 is 3.43. The maximum atomic E-state index is 5.63. The molecule has 0 radical (unpaired) electrons. The third kappa shape index (κ3) is 3.00. The Labute approximate surface area is 103 Å². The molecule has 0 bridgehead atoms. The largest absolute Gasteiger partial charge is 0.489 e. The maximum Gasteiger partial charge on any atom is 0.119 e. The molecule has 0 heterocycles. The van der Waals surface area contributed by atoms with E-state index >= 15 is 0 Å². The quantitative estimate of drug-likeness (QED) is 0.870. The molecule has 2 aromatic rings. The van der Waals surface area contributed by atoms with E-state index in [1.54, 1.807) is 0 Å². The van der Waals surface area contributed by atoms with Crippen LogP contribution in [-0.2, 0) is 6.61 Å². The van der Waals surface area contributed by atoms with Gasteiger partial charge in [-0.15, -0.1) is 0 Å². The first-order chi connectivity index (χ1) is 7.74. The molecule has 0 saturated carbocycles. The molecule has 0 aliphatic carbocycles. The normalized spacial score (nSPS) is 10.1. The van der Waals surface area contributed by atoms with Gasteiger partial charge in [0.25, 0.3) is 0 Å². The summed E-state index contributed by atoms with van der Waals surface area (Å²) in [6.45, 7) is 0.559. The topological polar surface area (TPSA) is 35.2 Å². The van der Waals surface area contributed by atoms with Crippen LogP contribution >= 0.6 is 15.9 Å². The second-order valence-corrected chi connectivity index (χ2v) is 4.40. The molecule has 2 rings (SSSR count). The van der Waals surface area contributed by atoms with Gasteiger partial charge in [-0.2, -0.15) is 0 Å². The van der Waals surface area contributed by atoms with Gasteiger partial charge in [-0.3, -0.25) is 0 Å². The number of hydrogen-bond donors (Lipinski definition) is 1. The number of hydrogen-bond acceptors (Lipinski definition) is 2. The highest BCUT2D eigenvalue weighted by atomic mass is 79.9. The van der Waals surface area contributed by atoms with Gasteiger partial charge in [0.05, 0.1) is 0 Å². The number of halogens is 1. The van der Waals surface area contributed by atoms with E-state index < -0.39 is 0 Å². The fourth-order valence-corrected chi connectivity index (χ4v) is 1.80. The van der Waals surface area contributed by atoms with E-state index in [-0.39, 0.29) is 0 Å². The third-order valence-corrected chi connectivity index (χ3v) is 2.67. The van der Waals surface area contributed by atoms with E-state index in [0.717, 1.165) is 21.5 Å². The van der Waals surface area contributed by atoms with Gasteiger partial charge in [0.1, 0.15) is 12.4 Å². The van der Waals surface area contributed by atoms with E-state index in [1.165, 1.54) is 0 Å². The molecular formula is C13H12BrNO. The van der Waals surface area contributed by atoms with Crippen LogP contribution < -0.4 is 10.5 Å². The van der Waals surface area contributed by atoms with Crippen molar-refractivity contribution in [1.29, 1.82) is 0 Å². The van der Waals surface area contributed by atoms with E-state index in [1.807, 2.05) is 48.5 Å². The number of nitrogen functional groups attached to an aromatic ring is 1. The molecule has 16 heavy (non-hydrogen) atoms. The molecule has 0 aromatic heterocycles. The van der Waals surface area contributed by atoms with E-state index in [4.69, 9.17) is 10.5 Å². The molecule has 0 atom stereocenters. The van der Waals surface area contributed by atoms with Crippen molar-refractivity contribution in [2.24, 2.45) is 0 Å². The number of anilines is 1. The summed E-state index contributed by atoms with van der Waals surface area (Å²) in [6.07, 6.45) is 0. The molecule has 3 heteroatoms. The molecule has 2 nitrogen and oxygen atoms in total. The lowest BCUT2D eigenvalue weighted by Gasteiger charge is -2.06. The van der Waals surface area contributed by atoms with Crippen molar-refractivity contribution in [3.05, 3.63) is 58.6 Å². The average molecular weight is 278 g/mol. The molecular weight excluding hydrogens is 266 g/mol. The summed E-state index contributed by atoms with van der Waals surface area (Å²) in [7, 11) is 0. The lowest BCUT2D eigenvalue weighted by Crippen LogP contribution is -1.95. The lowest BCUT2D eigenvalue weighted by atomic mass is 10.2. The standard InChI is InChI=1S/C13H12BrNO/c14-11-3-1-2-10(8-11)9-16-13-6-4-12(15)5-7-13/h1-8H,9,15H2. The zero-order valence-electron chi connectivity index (χ0n) is 8.69. The Balaban J connectivity index is 1.99. The Hall–Kier alpha value is -1.48. The lowest BCUT2D eigenvalue weighted by molar-refractivity contribution is 0.306. The molecule has 0 aliphatic rings. The SMILES string of the molecule is Nc1ccc(OCc2cccc(Br)c2)cc1. The smallest absolute Gasteiger partial charge is 0.119 e. The van der Waals surface area contributed by atoms with Gasteiger partial charge < -0.3 is 10.5 Å². The van der Waals surface area contributed by atoms with Crippen LogP contribution in [0.3, 0.4) is 0 Å². The van der Waals surface area contributed by atoms with Crippen molar-refractivity contribution < 1.29 is 4.74 Å². The van der Waals surface area contributed by atoms with Gasteiger partial charge >= 0.3 is 0 Å². The first-order valence-electron chi connectivity index (χ1n) is 4.97. The average Bonchev–Trinajstić information content (AvgIpc) is 2.28. The van der Waals surface area contributed by atoms with Gasteiger partial charge in [-0.25, -0.2) is 0 Å². The van der Waals surface area contributed by atoms with E-state index in [2.05, 4.69) is 15.9 Å². The minimum atomic E-state index is 0.559. The fourth-order valence-electron chi connectivity index (χ4n) is 1.36. The van der Waals surface area contributed by atoms with Crippen molar-refractivity contribution in [2.45, 2.75) is 6.61 Å². The minimum absolute atomic E-state index is 0.559. The summed E-state index contributed by atoms with van der Waals surface area (Å²) < 4.78 is 6.69. The van der Waals surface area contributed by atoms with Crippen LogP contribution in [0.5, 0.6) is 5.75 Å². The van der Waals surface area contributed by atoms with Crippen LogP contribution in [0, 0.1) is 0 Å². The number of ether oxygens (including phenoxy) is 1. The second kappa shape index (κ2) is 5.03. The third-order valence-electron chi connectivity index (χ3n) is 2.17. The van der Waals surface area contributed by atoms with Gasteiger partial charge in [0.2, 0.25) is 0 Å². The van der Waals surface area contributed by atoms with Gasteiger partial charge in [-0.1, -0.05) is 28.1 Å². The van der Waals surface area contributed by atoms with E-state index in [0.29, 0.717) is 6.61 Å². The maximum absolute atomic E-state index is 5.63. The van der Waals surface area contributed by atoms with Crippen LogP contribution in [0.1, 0.15) is 5.56 Å². The van der Waals surface area contributed by atoms with E-state index in [9.17, 15) is 0 Å². The Morgan fingerprint density at radius 2 is 1.81 bits per heavy atom. The number of rotatable bonds is 3. The predicted molar refractivity (Wildman–Crippen MR) is 69.3 cm³/mol. The van der Waals surface area contributed by atoms with Gasteiger partial charge in [0, 0.05) is 10.2 Å². The Bertz CT molecular complexity index is 468. The molecule has 0 aliphatic heterocycles. The first kappa shape index (κ1) is 11.0. The summed E-state index contributed by atoms with van der Waals surface area (Å²) in [5, 5.41) is 0. The van der Waals surface area contributed by atoms with Crippen molar-refractivity contribution in [3.8, 4) is 5.75 Å². The summed E-state index contributed by atoms with van der Waals surface area (Å²) in [4.78, 5) is 0. The Morgan fingerprint density at radius 1 is 1.06 bits per heavy atom. The van der Waals surface area contributed by atoms with Crippen molar-refractivity contribution >= 4 is 21.6 Å². The molecule has 0 saturated heterocycles. The monoisotopic (exact) mass is 277 g/mol. The highest BCUT2D eigenvalue weighted by molar-refractivity contribution is 9.10. The minimum Gasteiger partial charge on any atom is -0.489 e. The molecule has 0 amide bonds. The van der Waals surface area contributed by atoms with Crippen molar-refractivity contribution in [3.63, 3.8) is 0 Å². The van der Waals surface area contributed by atoms with Gasteiger partial charge in [-0.05, 0) is 42.0 Å². The first-order valence-corrected chi connectivity index (χ1v) is 5.76. The summed E-state index contributed by atoms with van der Waals surface area (Å²) in [6, 6.07) is 15.4. The van der Waals surface area contributed by atoms with Gasteiger partial charge in [0.15, 0.2) is 0 Å².